The first-order valence-electron chi connectivity index (χ1n) is 9.03. The van der Waals surface area contributed by atoms with Crippen LogP contribution in [0.2, 0.25) is 0 Å². The van der Waals surface area contributed by atoms with Crippen molar-refractivity contribution in [3.8, 4) is 0 Å². The molecule has 1 aliphatic carbocycles. The second kappa shape index (κ2) is 10.2. The third-order valence-electron chi connectivity index (χ3n) is 5.02. The summed E-state index contributed by atoms with van der Waals surface area (Å²) in [7, 11) is 0. The van der Waals surface area contributed by atoms with E-state index in [2.05, 4.69) is 10.2 Å². The molecule has 3 N–H and O–H groups in total. The summed E-state index contributed by atoms with van der Waals surface area (Å²) in [5.74, 6) is 0.309. The van der Waals surface area contributed by atoms with E-state index < -0.39 is 6.04 Å². The molecule has 6 nitrogen and oxygen atoms in total. The molecule has 2 fully saturated rings. The Morgan fingerprint density at radius 1 is 1.08 bits per heavy atom. The van der Waals surface area contributed by atoms with Crippen molar-refractivity contribution < 1.29 is 9.59 Å². The number of nitrogens with two attached hydrogens (primary N) is 1. The highest BCUT2D eigenvalue weighted by Gasteiger charge is 2.27. The van der Waals surface area contributed by atoms with Gasteiger partial charge in [0.25, 0.3) is 0 Å². The average molecular weight is 361 g/mol. The van der Waals surface area contributed by atoms with Gasteiger partial charge in [-0.3, -0.25) is 14.5 Å². The quantitative estimate of drug-likeness (QED) is 0.766. The van der Waals surface area contributed by atoms with Gasteiger partial charge in [0.15, 0.2) is 0 Å². The third-order valence-corrected chi connectivity index (χ3v) is 5.02. The van der Waals surface area contributed by atoms with Crippen LogP contribution in [0.1, 0.15) is 46.0 Å². The fourth-order valence-corrected chi connectivity index (χ4v) is 3.35. The van der Waals surface area contributed by atoms with Gasteiger partial charge in [-0.1, -0.05) is 33.1 Å². The second-order valence-corrected chi connectivity index (χ2v) is 7.27. The van der Waals surface area contributed by atoms with E-state index in [1.807, 2.05) is 18.7 Å². The number of amides is 2. The summed E-state index contributed by atoms with van der Waals surface area (Å²) in [4.78, 5) is 28.3. The van der Waals surface area contributed by atoms with E-state index in [-0.39, 0.29) is 30.1 Å². The van der Waals surface area contributed by atoms with Gasteiger partial charge in [-0.25, -0.2) is 0 Å². The third kappa shape index (κ3) is 6.22. The van der Waals surface area contributed by atoms with Gasteiger partial charge < -0.3 is 16.0 Å². The van der Waals surface area contributed by atoms with E-state index in [0.717, 1.165) is 25.9 Å². The molecule has 140 valence electrons. The van der Waals surface area contributed by atoms with E-state index in [1.165, 1.54) is 19.3 Å². The number of hydrogen-bond donors (Lipinski definition) is 2. The molecule has 1 saturated carbocycles. The topological polar surface area (TPSA) is 78.7 Å². The number of rotatable bonds is 5. The summed E-state index contributed by atoms with van der Waals surface area (Å²) in [6, 6.07) is -0.0562. The number of piperazine rings is 1. The molecule has 0 radical (unpaired) electrons. The summed E-state index contributed by atoms with van der Waals surface area (Å²) in [5.41, 5.74) is 5.94. The van der Waals surface area contributed by atoms with Crippen molar-refractivity contribution in [1.29, 1.82) is 0 Å². The molecule has 1 heterocycles. The number of nitrogens with zero attached hydrogens (tertiary/aromatic N) is 2. The normalized spacial score (nSPS) is 21.2. The Hall–Kier alpha value is -0.850. The monoisotopic (exact) mass is 360 g/mol. The molecule has 2 aliphatic rings. The molecule has 1 saturated heterocycles. The van der Waals surface area contributed by atoms with Gasteiger partial charge in [0.05, 0.1) is 12.6 Å². The molecule has 24 heavy (non-hydrogen) atoms. The highest BCUT2D eigenvalue weighted by molar-refractivity contribution is 5.85. The lowest BCUT2D eigenvalue weighted by molar-refractivity contribution is -0.135. The molecule has 7 heteroatoms. The Morgan fingerprint density at radius 3 is 2.21 bits per heavy atom. The van der Waals surface area contributed by atoms with E-state index in [1.54, 1.807) is 0 Å². The first-order chi connectivity index (χ1) is 11.0. The largest absolute Gasteiger partial charge is 0.352 e. The molecule has 0 aromatic carbocycles. The highest BCUT2D eigenvalue weighted by Crippen LogP contribution is 2.17. The predicted molar refractivity (Wildman–Crippen MR) is 98.1 cm³/mol. The zero-order valence-electron chi connectivity index (χ0n) is 15.0. The summed E-state index contributed by atoms with van der Waals surface area (Å²) >= 11 is 0. The first kappa shape index (κ1) is 21.2. The standard InChI is InChI=1S/C17H32N4O2.ClH/c1-13(2)16(18)17(23)21-10-8-20(9-11-21)12-15(22)19-14-6-4-3-5-7-14;/h13-14,16H,3-12,18H2,1-2H3,(H,19,22);1H/t16-;/m0./s1. The first-order valence-corrected chi connectivity index (χ1v) is 9.03. The van der Waals surface area contributed by atoms with Gasteiger partial charge in [0, 0.05) is 32.2 Å². The van der Waals surface area contributed by atoms with Crippen molar-refractivity contribution in [2.24, 2.45) is 11.7 Å². The summed E-state index contributed by atoms with van der Waals surface area (Å²) in [6.45, 7) is 7.19. The van der Waals surface area contributed by atoms with Gasteiger partial charge in [0.1, 0.15) is 0 Å². The van der Waals surface area contributed by atoms with Gasteiger partial charge >= 0.3 is 0 Å². The molecule has 0 aromatic rings. The fraction of sp³-hybridized carbons (Fsp3) is 0.882. The van der Waals surface area contributed by atoms with Crippen LogP contribution in [-0.4, -0.2) is 66.4 Å². The van der Waals surface area contributed by atoms with Crippen molar-refractivity contribution >= 4 is 24.2 Å². The van der Waals surface area contributed by atoms with Crippen LogP contribution in [0.15, 0.2) is 0 Å². The van der Waals surface area contributed by atoms with Crippen molar-refractivity contribution in [1.82, 2.24) is 15.1 Å². The Morgan fingerprint density at radius 2 is 1.67 bits per heavy atom. The smallest absolute Gasteiger partial charge is 0.239 e. The Labute approximate surface area is 151 Å². The van der Waals surface area contributed by atoms with Gasteiger partial charge in [-0.15, -0.1) is 12.4 Å². The van der Waals surface area contributed by atoms with Crippen LogP contribution in [0.4, 0.5) is 0 Å². The average Bonchev–Trinajstić information content (AvgIpc) is 2.55. The summed E-state index contributed by atoms with van der Waals surface area (Å²) < 4.78 is 0. The second-order valence-electron chi connectivity index (χ2n) is 7.27. The van der Waals surface area contributed by atoms with Crippen LogP contribution in [0.5, 0.6) is 0 Å². The van der Waals surface area contributed by atoms with Gasteiger partial charge in [0.2, 0.25) is 11.8 Å². The predicted octanol–water partition coefficient (Wildman–Crippen LogP) is 0.985. The zero-order chi connectivity index (χ0) is 16.8. The van der Waals surface area contributed by atoms with Crippen LogP contribution in [-0.2, 0) is 9.59 Å². The minimum Gasteiger partial charge on any atom is -0.352 e. The van der Waals surface area contributed by atoms with Crippen molar-refractivity contribution in [3.05, 3.63) is 0 Å². The minimum atomic E-state index is -0.420. The van der Waals surface area contributed by atoms with E-state index in [9.17, 15) is 9.59 Å². The Bertz CT molecular complexity index is 405. The number of hydrogen-bond acceptors (Lipinski definition) is 4. The van der Waals surface area contributed by atoms with E-state index in [4.69, 9.17) is 5.73 Å². The van der Waals surface area contributed by atoms with Crippen LogP contribution >= 0.6 is 12.4 Å². The lowest BCUT2D eigenvalue weighted by Gasteiger charge is -2.36. The van der Waals surface area contributed by atoms with E-state index in [0.29, 0.717) is 25.7 Å². The number of carbonyl (C=O) groups excluding carboxylic acids is 2. The Balaban J connectivity index is 0.00000288. The molecular weight excluding hydrogens is 328 g/mol. The number of halogens is 1. The van der Waals surface area contributed by atoms with Crippen LogP contribution < -0.4 is 11.1 Å². The summed E-state index contributed by atoms with van der Waals surface area (Å²) in [5, 5.41) is 3.15. The lowest BCUT2D eigenvalue weighted by Crippen LogP contribution is -2.55. The summed E-state index contributed by atoms with van der Waals surface area (Å²) in [6.07, 6.45) is 5.97. The zero-order valence-corrected chi connectivity index (χ0v) is 15.8. The maximum Gasteiger partial charge on any atom is 0.239 e. The molecule has 2 rings (SSSR count). The maximum absolute atomic E-state index is 12.2. The van der Waals surface area contributed by atoms with Crippen molar-refractivity contribution in [2.45, 2.75) is 58.0 Å². The lowest BCUT2D eigenvalue weighted by atomic mass is 9.95. The van der Waals surface area contributed by atoms with Crippen LogP contribution in [0.25, 0.3) is 0 Å². The molecule has 1 atom stereocenters. The van der Waals surface area contributed by atoms with Crippen LogP contribution in [0, 0.1) is 5.92 Å². The molecular formula is C17H33ClN4O2. The molecule has 0 aromatic heterocycles. The van der Waals surface area contributed by atoms with Crippen molar-refractivity contribution in [3.63, 3.8) is 0 Å². The highest BCUT2D eigenvalue weighted by atomic mass is 35.5. The number of carbonyl (C=O) groups is 2. The minimum absolute atomic E-state index is 0. The Kier molecular flexibility index (Phi) is 9.02. The maximum atomic E-state index is 12.2. The molecule has 0 spiro atoms. The molecule has 2 amide bonds. The van der Waals surface area contributed by atoms with Gasteiger partial charge in [-0.2, -0.15) is 0 Å². The van der Waals surface area contributed by atoms with Crippen LogP contribution in [0.3, 0.4) is 0 Å². The molecule has 1 aliphatic heterocycles. The molecule has 0 unspecified atom stereocenters. The van der Waals surface area contributed by atoms with Crippen molar-refractivity contribution in [2.75, 3.05) is 32.7 Å². The SMILES string of the molecule is CC(C)[C@H](N)C(=O)N1CCN(CC(=O)NC2CCCCC2)CC1.Cl. The fourth-order valence-electron chi connectivity index (χ4n) is 3.35. The molecule has 0 bridgehead atoms. The van der Waals surface area contributed by atoms with Gasteiger partial charge in [-0.05, 0) is 18.8 Å². The van der Waals surface area contributed by atoms with E-state index >= 15 is 0 Å². The number of nitrogens with one attached hydrogen (secondary N) is 1.